The summed E-state index contributed by atoms with van der Waals surface area (Å²) in [7, 11) is 0. The monoisotopic (exact) mass is 376 g/mol. The summed E-state index contributed by atoms with van der Waals surface area (Å²) in [5.41, 5.74) is 2.05. The van der Waals surface area contributed by atoms with Crippen LogP contribution in [0, 0.1) is 5.41 Å². The SMILES string of the molecule is CC(C)(CCl)C(=O)Nc1ccc2c(c1)N(C(=O)c1cccs1)CCC2. The van der Waals surface area contributed by atoms with Gasteiger partial charge in [0.15, 0.2) is 0 Å². The Hall–Kier alpha value is -1.85. The highest BCUT2D eigenvalue weighted by molar-refractivity contribution is 7.12. The largest absolute Gasteiger partial charge is 0.326 e. The van der Waals surface area contributed by atoms with Crippen molar-refractivity contribution >= 4 is 46.1 Å². The molecule has 3 rings (SSSR count). The highest BCUT2D eigenvalue weighted by Gasteiger charge is 2.28. The van der Waals surface area contributed by atoms with Gasteiger partial charge in [0.2, 0.25) is 5.91 Å². The molecule has 0 spiro atoms. The van der Waals surface area contributed by atoms with Crippen molar-refractivity contribution in [2.24, 2.45) is 5.41 Å². The summed E-state index contributed by atoms with van der Waals surface area (Å²) < 4.78 is 0. The highest BCUT2D eigenvalue weighted by atomic mass is 35.5. The molecular weight excluding hydrogens is 356 g/mol. The molecule has 1 aliphatic rings. The lowest BCUT2D eigenvalue weighted by Gasteiger charge is -2.30. The maximum absolute atomic E-state index is 12.8. The molecule has 1 aliphatic heterocycles. The Kier molecular flexibility index (Phi) is 5.16. The van der Waals surface area contributed by atoms with Gasteiger partial charge in [-0.15, -0.1) is 22.9 Å². The van der Waals surface area contributed by atoms with E-state index in [4.69, 9.17) is 11.6 Å². The molecule has 0 saturated heterocycles. The second-order valence-corrected chi connectivity index (χ2v) is 8.07. The summed E-state index contributed by atoms with van der Waals surface area (Å²) in [4.78, 5) is 27.7. The van der Waals surface area contributed by atoms with Crippen molar-refractivity contribution in [3.8, 4) is 0 Å². The number of alkyl halides is 1. The molecule has 0 fully saturated rings. The van der Waals surface area contributed by atoms with E-state index in [0.717, 1.165) is 29.0 Å². The van der Waals surface area contributed by atoms with Gasteiger partial charge in [0.1, 0.15) is 0 Å². The molecule has 0 aliphatic carbocycles. The predicted molar refractivity (Wildman–Crippen MR) is 104 cm³/mol. The first-order chi connectivity index (χ1) is 11.9. The quantitative estimate of drug-likeness (QED) is 0.796. The molecule has 4 nitrogen and oxygen atoms in total. The maximum atomic E-state index is 12.8. The molecule has 1 N–H and O–H groups in total. The molecular formula is C19H21ClN2O2S. The van der Waals surface area contributed by atoms with Gasteiger partial charge in [-0.2, -0.15) is 0 Å². The standard InChI is InChI=1S/C19H21ClN2O2S/c1-19(2,12-20)18(24)21-14-8-7-13-5-3-9-22(15(13)11-14)17(23)16-6-4-10-25-16/h4,6-8,10-11H,3,5,9,12H2,1-2H3,(H,21,24). The Balaban J connectivity index is 1.88. The van der Waals surface area contributed by atoms with Gasteiger partial charge in [0.05, 0.1) is 10.3 Å². The van der Waals surface area contributed by atoms with Crippen molar-refractivity contribution < 1.29 is 9.59 Å². The maximum Gasteiger partial charge on any atom is 0.268 e. The molecule has 2 heterocycles. The van der Waals surface area contributed by atoms with E-state index in [2.05, 4.69) is 5.32 Å². The fourth-order valence-corrected chi connectivity index (χ4v) is 3.55. The molecule has 2 amide bonds. The third kappa shape index (κ3) is 3.72. The molecule has 0 radical (unpaired) electrons. The van der Waals surface area contributed by atoms with Gasteiger partial charge >= 0.3 is 0 Å². The molecule has 0 bridgehead atoms. The molecule has 0 saturated carbocycles. The van der Waals surface area contributed by atoms with Gasteiger partial charge in [-0.1, -0.05) is 12.1 Å². The molecule has 132 valence electrons. The van der Waals surface area contributed by atoms with E-state index in [1.807, 2.05) is 40.6 Å². The van der Waals surface area contributed by atoms with Crippen LogP contribution in [-0.2, 0) is 11.2 Å². The zero-order valence-electron chi connectivity index (χ0n) is 14.3. The molecule has 1 aromatic carbocycles. The third-order valence-electron chi connectivity index (χ3n) is 4.39. The number of hydrogen-bond donors (Lipinski definition) is 1. The smallest absolute Gasteiger partial charge is 0.268 e. The number of fused-ring (bicyclic) bond motifs is 1. The average molecular weight is 377 g/mol. The Morgan fingerprint density at radius 1 is 1.32 bits per heavy atom. The Labute approximate surface area is 156 Å². The highest BCUT2D eigenvalue weighted by Crippen LogP contribution is 2.32. The van der Waals surface area contributed by atoms with Crippen molar-refractivity contribution in [3.05, 3.63) is 46.2 Å². The Bertz CT molecular complexity index is 787. The predicted octanol–water partition coefficient (Wildman–Crippen LogP) is 4.54. The van der Waals surface area contributed by atoms with Gasteiger partial charge in [0.25, 0.3) is 5.91 Å². The van der Waals surface area contributed by atoms with Crippen molar-refractivity contribution in [1.82, 2.24) is 0 Å². The number of nitrogens with zero attached hydrogens (tertiary/aromatic N) is 1. The van der Waals surface area contributed by atoms with Gasteiger partial charge < -0.3 is 10.2 Å². The molecule has 0 unspecified atom stereocenters. The minimum absolute atomic E-state index is 0.0144. The zero-order valence-corrected chi connectivity index (χ0v) is 15.9. The van der Waals surface area contributed by atoms with Crippen LogP contribution in [0.5, 0.6) is 0 Å². The van der Waals surface area contributed by atoms with Crippen LogP contribution in [0.15, 0.2) is 35.7 Å². The molecule has 6 heteroatoms. The number of nitrogens with one attached hydrogen (secondary N) is 1. The first-order valence-corrected chi connectivity index (χ1v) is 9.69. The summed E-state index contributed by atoms with van der Waals surface area (Å²) in [6.07, 6.45) is 1.88. The van der Waals surface area contributed by atoms with Crippen LogP contribution >= 0.6 is 22.9 Å². The molecule has 25 heavy (non-hydrogen) atoms. The summed E-state index contributed by atoms with van der Waals surface area (Å²) in [5.74, 6) is 0.127. The number of halogens is 1. The summed E-state index contributed by atoms with van der Waals surface area (Å²) in [6, 6.07) is 9.50. The second-order valence-electron chi connectivity index (χ2n) is 6.85. The number of carbonyl (C=O) groups excluding carboxylic acids is 2. The molecule has 0 atom stereocenters. The van der Waals surface area contributed by atoms with Gasteiger partial charge in [-0.05, 0) is 55.8 Å². The van der Waals surface area contributed by atoms with E-state index in [1.165, 1.54) is 11.3 Å². The fraction of sp³-hybridized carbons (Fsp3) is 0.368. The van der Waals surface area contributed by atoms with E-state index < -0.39 is 5.41 Å². The van der Waals surface area contributed by atoms with Crippen LogP contribution in [-0.4, -0.2) is 24.2 Å². The topological polar surface area (TPSA) is 49.4 Å². The Morgan fingerprint density at radius 3 is 2.80 bits per heavy atom. The summed E-state index contributed by atoms with van der Waals surface area (Å²) in [6.45, 7) is 4.30. The minimum Gasteiger partial charge on any atom is -0.326 e. The van der Waals surface area contributed by atoms with E-state index in [-0.39, 0.29) is 17.7 Å². The van der Waals surface area contributed by atoms with Crippen LogP contribution < -0.4 is 10.2 Å². The van der Waals surface area contributed by atoms with Gasteiger partial charge in [0, 0.05) is 23.8 Å². The lowest BCUT2D eigenvalue weighted by molar-refractivity contribution is -0.122. The Morgan fingerprint density at radius 2 is 2.12 bits per heavy atom. The van der Waals surface area contributed by atoms with Crippen molar-refractivity contribution in [2.45, 2.75) is 26.7 Å². The number of rotatable bonds is 4. The zero-order chi connectivity index (χ0) is 18.0. The van der Waals surface area contributed by atoms with Gasteiger partial charge in [-0.25, -0.2) is 0 Å². The second kappa shape index (κ2) is 7.18. The van der Waals surface area contributed by atoms with Gasteiger partial charge in [-0.3, -0.25) is 9.59 Å². The van der Waals surface area contributed by atoms with Crippen LogP contribution in [0.25, 0.3) is 0 Å². The van der Waals surface area contributed by atoms with Crippen LogP contribution in [0.3, 0.4) is 0 Å². The van der Waals surface area contributed by atoms with E-state index >= 15 is 0 Å². The molecule has 2 aromatic rings. The van der Waals surface area contributed by atoms with Crippen LogP contribution in [0.2, 0.25) is 0 Å². The number of anilines is 2. The number of thiophene rings is 1. The van der Waals surface area contributed by atoms with E-state index in [1.54, 1.807) is 13.8 Å². The normalized spacial score (nSPS) is 14.1. The van der Waals surface area contributed by atoms with Crippen LogP contribution in [0.1, 0.15) is 35.5 Å². The lowest BCUT2D eigenvalue weighted by atomic mass is 9.95. The number of amides is 2. The molecule has 1 aromatic heterocycles. The first kappa shape index (κ1) is 18.0. The number of hydrogen-bond acceptors (Lipinski definition) is 3. The van der Waals surface area contributed by atoms with E-state index in [0.29, 0.717) is 12.2 Å². The van der Waals surface area contributed by atoms with E-state index in [9.17, 15) is 9.59 Å². The number of aryl methyl sites for hydroxylation is 1. The average Bonchev–Trinajstić information content (AvgIpc) is 3.15. The van der Waals surface area contributed by atoms with Crippen molar-refractivity contribution in [2.75, 3.05) is 22.6 Å². The number of carbonyl (C=O) groups is 2. The van der Waals surface area contributed by atoms with Crippen LogP contribution in [0.4, 0.5) is 11.4 Å². The summed E-state index contributed by atoms with van der Waals surface area (Å²) >= 11 is 7.32. The minimum atomic E-state index is -0.649. The summed E-state index contributed by atoms with van der Waals surface area (Å²) in [5, 5.41) is 4.82. The number of benzene rings is 1. The lowest BCUT2D eigenvalue weighted by Crippen LogP contribution is -2.35. The third-order valence-corrected chi connectivity index (χ3v) is 5.91. The fourth-order valence-electron chi connectivity index (χ4n) is 2.76. The van der Waals surface area contributed by atoms with Crippen molar-refractivity contribution in [1.29, 1.82) is 0 Å². The first-order valence-electron chi connectivity index (χ1n) is 8.28. The van der Waals surface area contributed by atoms with Crippen molar-refractivity contribution in [3.63, 3.8) is 0 Å².